The molecule has 0 saturated heterocycles. The van der Waals surface area contributed by atoms with Crippen molar-refractivity contribution >= 4 is 0 Å². The lowest BCUT2D eigenvalue weighted by Crippen LogP contribution is -2.38. The van der Waals surface area contributed by atoms with Crippen LogP contribution in [0.1, 0.15) is 32.0 Å². The van der Waals surface area contributed by atoms with E-state index in [0.29, 0.717) is 18.8 Å². The maximum atomic E-state index is 9.80. The highest BCUT2D eigenvalue weighted by atomic mass is 16.3. The smallest absolute Gasteiger partial charge is 0.144 e. The monoisotopic (exact) mass is 233 g/mol. The first-order chi connectivity index (χ1) is 7.96. The lowest BCUT2D eigenvalue weighted by molar-refractivity contribution is 0.0353. The van der Waals surface area contributed by atoms with Crippen LogP contribution in [0.4, 0.5) is 0 Å². The molecule has 4 heteroatoms. The molecule has 0 aliphatic rings. The van der Waals surface area contributed by atoms with Gasteiger partial charge in [0.2, 0.25) is 0 Å². The van der Waals surface area contributed by atoms with Gasteiger partial charge in [-0.15, -0.1) is 0 Å². The van der Waals surface area contributed by atoms with Gasteiger partial charge >= 0.3 is 0 Å². The molecule has 17 heavy (non-hydrogen) atoms. The van der Waals surface area contributed by atoms with Crippen molar-refractivity contribution in [2.45, 2.75) is 32.9 Å². The predicted octanol–water partition coefficient (Wildman–Crippen LogP) is 1.55. The minimum atomic E-state index is -0.731. The zero-order chi connectivity index (χ0) is 12.9. The van der Waals surface area contributed by atoms with Crippen LogP contribution in [0.2, 0.25) is 0 Å². The number of nitrogens with zero attached hydrogens (tertiary/aromatic N) is 3. The Morgan fingerprint density at radius 2 is 2.24 bits per heavy atom. The van der Waals surface area contributed by atoms with Crippen LogP contribution in [0.25, 0.3) is 0 Å². The summed E-state index contributed by atoms with van der Waals surface area (Å²) in [5.41, 5.74) is 0.633. The van der Waals surface area contributed by atoms with Gasteiger partial charge in [-0.2, -0.15) is 5.26 Å². The molecule has 0 unspecified atom stereocenters. The SMILES string of the molecule is CCN(Cc1cccnc1C#N)CC(C)(C)O. The van der Waals surface area contributed by atoms with Crippen molar-refractivity contribution in [3.63, 3.8) is 0 Å². The van der Waals surface area contributed by atoms with Crippen LogP contribution in [0.5, 0.6) is 0 Å². The van der Waals surface area contributed by atoms with E-state index in [2.05, 4.69) is 16.0 Å². The molecular weight excluding hydrogens is 214 g/mol. The van der Waals surface area contributed by atoms with Gasteiger partial charge in [-0.1, -0.05) is 13.0 Å². The fraction of sp³-hybridized carbons (Fsp3) is 0.538. The van der Waals surface area contributed by atoms with Gasteiger partial charge in [0.1, 0.15) is 11.8 Å². The molecular formula is C13H19N3O. The highest BCUT2D eigenvalue weighted by Gasteiger charge is 2.18. The van der Waals surface area contributed by atoms with Crippen LogP contribution < -0.4 is 0 Å². The van der Waals surface area contributed by atoms with Crippen molar-refractivity contribution < 1.29 is 5.11 Å². The first-order valence-electron chi connectivity index (χ1n) is 5.75. The zero-order valence-corrected chi connectivity index (χ0v) is 10.6. The van der Waals surface area contributed by atoms with E-state index in [1.165, 1.54) is 0 Å². The molecule has 0 amide bonds. The Balaban J connectivity index is 2.78. The minimum Gasteiger partial charge on any atom is -0.389 e. The summed E-state index contributed by atoms with van der Waals surface area (Å²) in [7, 11) is 0. The van der Waals surface area contributed by atoms with Crippen LogP contribution >= 0.6 is 0 Å². The zero-order valence-electron chi connectivity index (χ0n) is 10.6. The number of rotatable bonds is 5. The van der Waals surface area contributed by atoms with Gasteiger partial charge in [0.25, 0.3) is 0 Å². The summed E-state index contributed by atoms with van der Waals surface area (Å²) in [6.07, 6.45) is 1.62. The van der Waals surface area contributed by atoms with Gasteiger partial charge < -0.3 is 5.11 Å². The largest absolute Gasteiger partial charge is 0.389 e. The average molecular weight is 233 g/mol. The summed E-state index contributed by atoms with van der Waals surface area (Å²) in [5.74, 6) is 0. The second-order valence-electron chi connectivity index (χ2n) is 4.74. The molecule has 0 aliphatic carbocycles. The van der Waals surface area contributed by atoms with Crippen molar-refractivity contribution in [1.29, 1.82) is 5.26 Å². The summed E-state index contributed by atoms with van der Waals surface area (Å²) in [4.78, 5) is 6.13. The Hall–Kier alpha value is -1.44. The Kier molecular flexibility index (Phi) is 4.62. The highest BCUT2D eigenvalue weighted by Crippen LogP contribution is 2.11. The fourth-order valence-electron chi connectivity index (χ4n) is 1.73. The quantitative estimate of drug-likeness (QED) is 0.838. The molecule has 0 atom stereocenters. The number of aromatic nitrogens is 1. The predicted molar refractivity (Wildman–Crippen MR) is 66.2 cm³/mol. The first-order valence-corrected chi connectivity index (χ1v) is 5.75. The van der Waals surface area contributed by atoms with Crippen molar-refractivity contribution in [3.05, 3.63) is 29.6 Å². The number of likely N-dealkylation sites (N-methyl/N-ethyl adjacent to an activating group) is 1. The van der Waals surface area contributed by atoms with E-state index < -0.39 is 5.60 Å². The topological polar surface area (TPSA) is 60.2 Å². The van der Waals surface area contributed by atoms with E-state index >= 15 is 0 Å². The molecule has 0 radical (unpaired) electrons. The molecule has 0 aromatic carbocycles. The second kappa shape index (κ2) is 5.76. The van der Waals surface area contributed by atoms with E-state index in [1.807, 2.05) is 19.1 Å². The van der Waals surface area contributed by atoms with E-state index in [9.17, 15) is 5.11 Å². The van der Waals surface area contributed by atoms with E-state index in [-0.39, 0.29) is 0 Å². The molecule has 4 nitrogen and oxygen atoms in total. The van der Waals surface area contributed by atoms with Gasteiger partial charge in [0.05, 0.1) is 5.60 Å². The maximum absolute atomic E-state index is 9.80. The van der Waals surface area contributed by atoms with E-state index in [0.717, 1.165) is 12.1 Å². The summed E-state index contributed by atoms with van der Waals surface area (Å²) < 4.78 is 0. The van der Waals surface area contributed by atoms with Crippen LogP contribution in [-0.4, -0.2) is 33.7 Å². The van der Waals surface area contributed by atoms with Gasteiger partial charge in [-0.25, -0.2) is 4.98 Å². The highest BCUT2D eigenvalue weighted by molar-refractivity contribution is 5.30. The van der Waals surface area contributed by atoms with Gasteiger partial charge in [0, 0.05) is 24.8 Å². The van der Waals surface area contributed by atoms with Crippen LogP contribution in [0.15, 0.2) is 18.3 Å². The summed E-state index contributed by atoms with van der Waals surface area (Å²) >= 11 is 0. The van der Waals surface area contributed by atoms with Crippen LogP contribution in [0, 0.1) is 11.3 Å². The Morgan fingerprint density at radius 3 is 2.76 bits per heavy atom. The number of pyridine rings is 1. The fourth-order valence-corrected chi connectivity index (χ4v) is 1.73. The Morgan fingerprint density at radius 1 is 1.53 bits per heavy atom. The lowest BCUT2D eigenvalue weighted by atomic mass is 10.1. The summed E-state index contributed by atoms with van der Waals surface area (Å²) in [6, 6.07) is 5.82. The number of hydrogen-bond acceptors (Lipinski definition) is 4. The Bertz CT molecular complexity index is 404. The summed E-state index contributed by atoms with van der Waals surface area (Å²) in [6.45, 7) is 7.63. The third-order valence-electron chi connectivity index (χ3n) is 2.45. The maximum Gasteiger partial charge on any atom is 0.144 e. The molecule has 0 bridgehead atoms. The van der Waals surface area contributed by atoms with E-state index in [1.54, 1.807) is 20.0 Å². The second-order valence-corrected chi connectivity index (χ2v) is 4.74. The van der Waals surface area contributed by atoms with Crippen molar-refractivity contribution in [1.82, 2.24) is 9.88 Å². The third kappa shape index (κ3) is 4.51. The number of nitriles is 1. The van der Waals surface area contributed by atoms with Crippen molar-refractivity contribution in [2.24, 2.45) is 0 Å². The van der Waals surface area contributed by atoms with Gasteiger partial charge in [-0.05, 0) is 26.5 Å². The molecule has 0 saturated carbocycles. The average Bonchev–Trinajstić information content (AvgIpc) is 2.27. The third-order valence-corrected chi connectivity index (χ3v) is 2.45. The van der Waals surface area contributed by atoms with Crippen molar-refractivity contribution in [2.75, 3.05) is 13.1 Å². The van der Waals surface area contributed by atoms with Crippen LogP contribution in [0.3, 0.4) is 0 Å². The minimum absolute atomic E-state index is 0.460. The molecule has 1 heterocycles. The molecule has 1 rings (SSSR count). The van der Waals surface area contributed by atoms with Crippen molar-refractivity contribution in [3.8, 4) is 6.07 Å². The molecule has 0 aliphatic heterocycles. The number of aliphatic hydroxyl groups is 1. The Labute approximate surface area is 103 Å². The first kappa shape index (κ1) is 13.6. The lowest BCUT2D eigenvalue weighted by Gasteiger charge is -2.28. The molecule has 1 N–H and O–H groups in total. The molecule has 0 fully saturated rings. The molecule has 0 spiro atoms. The number of hydrogen-bond donors (Lipinski definition) is 1. The standard InChI is InChI=1S/C13H19N3O/c1-4-16(10-13(2,3)17)9-11-6-5-7-15-12(11)8-14/h5-7,17H,4,9-10H2,1-3H3. The van der Waals surface area contributed by atoms with Crippen LogP contribution in [-0.2, 0) is 6.54 Å². The van der Waals surface area contributed by atoms with E-state index in [4.69, 9.17) is 5.26 Å². The molecule has 1 aromatic heterocycles. The van der Waals surface area contributed by atoms with Gasteiger partial charge in [-0.3, -0.25) is 4.90 Å². The summed E-state index contributed by atoms with van der Waals surface area (Å²) in [5, 5.41) is 18.8. The normalized spacial score (nSPS) is 11.5. The molecule has 92 valence electrons. The molecule has 1 aromatic rings. The van der Waals surface area contributed by atoms with Gasteiger partial charge in [0.15, 0.2) is 0 Å².